The number of nitrogens with zero attached hydrogens (tertiary/aromatic N) is 4. The summed E-state index contributed by atoms with van der Waals surface area (Å²) in [5.41, 5.74) is 7.17. The smallest absolute Gasteiger partial charge is 0.245 e. The minimum Gasteiger partial charge on any atom is -0.337 e. The van der Waals surface area contributed by atoms with Gasteiger partial charge in [0.25, 0.3) is 0 Å². The lowest BCUT2D eigenvalue weighted by Crippen LogP contribution is -2.06. The first kappa shape index (κ1) is 17.0. The maximum absolute atomic E-state index is 4.79. The molecule has 2 heterocycles. The van der Waals surface area contributed by atoms with Crippen LogP contribution in [-0.2, 0) is 0 Å². The Bertz CT molecular complexity index is 1010. The summed E-state index contributed by atoms with van der Waals surface area (Å²) in [6.07, 6.45) is 0. The molecule has 7 nitrogen and oxygen atoms in total. The summed E-state index contributed by atoms with van der Waals surface area (Å²) in [7, 11) is 0. The SMILES string of the molecule is Cc1cccc(C)c1Nc1nc2nonc2nc1Nc1c(C)cccc1C. The minimum absolute atomic E-state index is 0.357. The van der Waals surface area contributed by atoms with E-state index in [0.717, 1.165) is 33.6 Å². The molecule has 0 bridgehead atoms. The van der Waals surface area contributed by atoms with Crippen LogP contribution in [0.4, 0.5) is 23.0 Å². The predicted molar refractivity (Wildman–Crippen MR) is 106 cm³/mol. The Morgan fingerprint density at radius 1 is 0.630 bits per heavy atom. The standard InChI is InChI=1S/C20H20N6O/c1-11-7-5-8-12(2)15(11)21-17-18(24-20-19(23-17)25-27-26-20)22-16-13(3)9-6-10-14(16)4/h5-10H,1-4H3,(H,21,23,25)(H,22,24,26). The van der Waals surface area contributed by atoms with Gasteiger partial charge in [0.2, 0.25) is 11.3 Å². The number of para-hydroxylation sites is 2. The number of fused-ring (bicyclic) bond motifs is 1. The molecule has 0 aliphatic carbocycles. The second-order valence-electron chi connectivity index (χ2n) is 6.62. The van der Waals surface area contributed by atoms with Crippen molar-refractivity contribution in [1.29, 1.82) is 0 Å². The van der Waals surface area contributed by atoms with E-state index < -0.39 is 0 Å². The molecule has 0 aliphatic rings. The number of anilines is 4. The number of hydrogen-bond acceptors (Lipinski definition) is 7. The van der Waals surface area contributed by atoms with Gasteiger partial charge in [-0.15, -0.1) is 0 Å². The molecule has 0 fully saturated rings. The Morgan fingerprint density at radius 2 is 1.00 bits per heavy atom. The van der Waals surface area contributed by atoms with E-state index in [9.17, 15) is 0 Å². The van der Waals surface area contributed by atoms with Crippen LogP contribution >= 0.6 is 0 Å². The molecule has 27 heavy (non-hydrogen) atoms. The normalized spacial score (nSPS) is 11.0. The van der Waals surface area contributed by atoms with Crippen molar-refractivity contribution in [3.63, 3.8) is 0 Å². The second kappa shape index (κ2) is 6.68. The van der Waals surface area contributed by atoms with Crippen LogP contribution < -0.4 is 10.6 Å². The quantitative estimate of drug-likeness (QED) is 0.543. The largest absolute Gasteiger partial charge is 0.337 e. The zero-order valence-corrected chi connectivity index (χ0v) is 15.7. The van der Waals surface area contributed by atoms with Crippen molar-refractivity contribution in [2.24, 2.45) is 0 Å². The van der Waals surface area contributed by atoms with E-state index in [-0.39, 0.29) is 0 Å². The second-order valence-corrected chi connectivity index (χ2v) is 6.62. The molecule has 0 amide bonds. The van der Waals surface area contributed by atoms with Crippen LogP contribution in [-0.4, -0.2) is 20.3 Å². The van der Waals surface area contributed by atoms with E-state index in [1.165, 1.54) is 0 Å². The van der Waals surface area contributed by atoms with Crippen molar-refractivity contribution in [3.05, 3.63) is 58.7 Å². The third kappa shape index (κ3) is 3.19. The van der Waals surface area contributed by atoms with Crippen LogP contribution in [0.15, 0.2) is 41.0 Å². The Kier molecular flexibility index (Phi) is 4.19. The van der Waals surface area contributed by atoms with Crippen LogP contribution in [0, 0.1) is 27.7 Å². The Labute approximate surface area is 156 Å². The summed E-state index contributed by atoms with van der Waals surface area (Å²) in [5, 5.41) is 14.5. The number of nitrogens with one attached hydrogen (secondary N) is 2. The van der Waals surface area contributed by atoms with Gasteiger partial charge in [-0.05, 0) is 60.3 Å². The fourth-order valence-electron chi connectivity index (χ4n) is 3.07. The number of benzene rings is 2. The lowest BCUT2D eigenvalue weighted by atomic mass is 10.1. The third-order valence-electron chi connectivity index (χ3n) is 4.56. The van der Waals surface area contributed by atoms with E-state index in [2.05, 4.69) is 82.9 Å². The number of aryl methyl sites for hydroxylation is 4. The Balaban J connectivity index is 1.83. The number of rotatable bonds is 4. The predicted octanol–water partition coefficient (Wildman–Crippen LogP) is 4.73. The van der Waals surface area contributed by atoms with Gasteiger partial charge in [-0.25, -0.2) is 14.6 Å². The van der Waals surface area contributed by atoms with E-state index in [1.54, 1.807) is 0 Å². The minimum atomic E-state index is 0.357. The molecular weight excluding hydrogens is 340 g/mol. The average Bonchev–Trinajstić information content (AvgIpc) is 3.08. The van der Waals surface area contributed by atoms with Gasteiger partial charge < -0.3 is 10.6 Å². The monoisotopic (exact) mass is 360 g/mol. The summed E-state index contributed by atoms with van der Waals surface area (Å²) < 4.78 is 4.79. The van der Waals surface area contributed by atoms with Crippen molar-refractivity contribution >= 4 is 34.3 Å². The van der Waals surface area contributed by atoms with Gasteiger partial charge in [0.15, 0.2) is 11.6 Å². The summed E-state index contributed by atoms with van der Waals surface area (Å²) >= 11 is 0. The summed E-state index contributed by atoms with van der Waals surface area (Å²) in [6, 6.07) is 12.3. The highest BCUT2D eigenvalue weighted by Crippen LogP contribution is 2.31. The van der Waals surface area contributed by atoms with Crippen molar-refractivity contribution in [2.75, 3.05) is 10.6 Å². The molecule has 0 atom stereocenters. The molecule has 0 saturated carbocycles. The van der Waals surface area contributed by atoms with Gasteiger partial charge in [0, 0.05) is 11.4 Å². The molecule has 0 aliphatic heterocycles. The van der Waals surface area contributed by atoms with E-state index in [1.807, 2.05) is 12.1 Å². The maximum atomic E-state index is 4.79. The molecule has 0 unspecified atom stereocenters. The van der Waals surface area contributed by atoms with Gasteiger partial charge in [0.05, 0.1) is 0 Å². The van der Waals surface area contributed by atoms with E-state index >= 15 is 0 Å². The molecule has 136 valence electrons. The van der Waals surface area contributed by atoms with E-state index in [0.29, 0.717) is 22.9 Å². The van der Waals surface area contributed by atoms with Crippen molar-refractivity contribution in [3.8, 4) is 0 Å². The molecule has 0 saturated heterocycles. The highest BCUT2D eigenvalue weighted by molar-refractivity contribution is 5.81. The molecule has 7 heteroatoms. The van der Waals surface area contributed by atoms with Crippen molar-refractivity contribution in [1.82, 2.24) is 20.3 Å². The summed E-state index contributed by atoms with van der Waals surface area (Å²) in [5.74, 6) is 1.14. The van der Waals surface area contributed by atoms with E-state index in [4.69, 9.17) is 4.63 Å². The van der Waals surface area contributed by atoms with Gasteiger partial charge in [-0.3, -0.25) is 0 Å². The van der Waals surface area contributed by atoms with Gasteiger partial charge in [-0.1, -0.05) is 36.4 Å². The van der Waals surface area contributed by atoms with Gasteiger partial charge in [0.1, 0.15) is 0 Å². The molecule has 4 aromatic rings. The highest BCUT2D eigenvalue weighted by Gasteiger charge is 2.16. The maximum Gasteiger partial charge on any atom is 0.245 e. The van der Waals surface area contributed by atoms with Crippen LogP contribution in [0.3, 0.4) is 0 Å². The third-order valence-corrected chi connectivity index (χ3v) is 4.56. The van der Waals surface area contributed by atoms with Crippen molar-refractivity contribution < 1.29 is 4.63 Å². The molecular formula is C20H20N6O. The van der Waals surface area contributed by atoms with Crippen molar-refractivity contribution in [2.45, 2.75) is 27.7 Å². The average molecular weight is 360 g/mol. The first-order chi connectivity index (χ1) is 13.0. The van der Waals surface area contributed by atoms with Crippen LogP contribution in [0.5, 0.6) is 0 Å². The number of aromatic nitrogens is 4. The summed E-state index contributed by atoms with van der Waals surface area (Å²) in [4.78, 5) is 9.13. The molecule has 2 N–H and O–H groups in total. The summed E-state index contributed by atoms with van der Waals surface area (Å²) in [6.45, 7) is 8.21. The zero-order valence-electron chi connectivity index (χ0n) is 15.7. The van der Waals surface area contributed by atoms with Gasteiger partial charge >= 0.3 is 0 Å². The molecule has 4 rings (SSSR count). The fraction of sp³-hybridized carbons (Fsp3) is 0.200. The van der Waals surface area contributed by atoms with Crippen LogP contribution in [0.25, 0.3) is 11.3 Å². The zero-order chi connectivity index (χ0) is 19.0. The first-order valence-electron chi connectivity index (χ1n) is 8.69. The Morgan fingerprint density at radius 3 is 1.37 bits per heavy atom. The molecule has 2 aromatic carbocycles. The van der Waals surface area contributed by atoms with Crippen LogP contribution in [0.1, 0.15) is 22.3 Å². The van der Waals surface area contributed by atoms with Gasteiger partial charge in [-0.2, -0.15) is 0 Å². The Hall–Kier alpha value is -3.48. The number of hydrogen-bond donors (Lipinski definition) is 2. The highest BCUT2D eigenvalue weighted by atomic mass is 16.6. The van der Waals surface area contributed by atoms with Crippen LogP contribution in [0.2, 0.25) is 0 Å². The molecule has 0 spiro atoms. The lowest BCUT2D eigenvalue weighted by molar-refractivity contribution is 0.314. The fourth-order valence-corrected chi connectivity index (χ4v) is 3.07. The lowest BCUT2D eigenvalue weighted by Gasteiger charge is -2.17. The molecule has 0 radical (unpaired) electrons. The molecule has 2 aromatic heterocycles. The topological polar surface area (TPSA) is 88.8 Å². The first-order valence-corrected chi connectivity index (χ1v) is 8.69.